The number of rotatable bonds is 3. The van der Waals surface area contributed by atoms with Gasteiger partial charge < -0.3 is 5.32 Å². The highest BCUT2D eigenvalue weighted by atomic mass is 35.5. The quantitative estimate of drug-likeness (QED) is 0.902. The van der Waals surface area contributed by atoms with Crippen LogP contribution in [0.25, 0.3) is 0 Å². The highest BCUT2D eigenvalue weighted by Gasteiger charge is 2.24. The van der Waals surface area contributed by atoms with Crippen molar-refractivity contribution in [2.45, 2.75) is 23.8 Å². The van der Waals surface area contributed by atoms with Crippen molar-refractivity contribution < 1.29 is 9.18 Å². The molecule has 2 aromatic rings. The lowest BCUT2D eigenvalue weighted by atomic mass is 10.0. The predicted octanol–water partition coefficient (Wildman–Crippen LogP) is 4.37. The third kappa shape index (κ3) is 3.45. The van der Waals surface area contributed by atoms with Gasteiger partial charge in [-0.2, -0.15) is 0 Å². The van der Waals surface area contributed by atoms with E-state index < -0.39 is 0 Å². The molecule has 1 heterocycles. The van der Waals surface area contributed by atoms with Crippen molar-refractivity contribution in [1.82, 2.24) is 5.32 Å². The van der Waals surface area contributed by atoms with Gasteiger partial charge in [-0.1, -0.05) is 35.9 Å². The van der Waals surface area contributed by atoms with Crippen LogP contribution in [0.4, 0.5) is 4.39 Å². The number of carbonyl (C=O) groups is 1. The van der Waals surface area contributed by atoms with Gasteiger partial charge in [-0.05, 0) is 35.7 Å². The van der Waals surface area contributed by atoms with Crippen LogP contribution < -0.4 is 5.32 Å². The Hall–Kier alpha value is -1.52. The first-order valence-corrected chi connectivity index (χ1v) is 8.45. The predicted molar refractivity (Wildman–Crippen MR) is 87.8 cm³/mol. The van der Waals surface area contributed by atoms with Crippen molar-refractivity contribution >= 4 is 29.3 Å². The lowest BCUT2D eigenvalue weighted by Gasteiger charge is -2.26. The number of fused-ring (bicyclic) bond motifs is 1. The lowest BCUT2D eigenvalue weighted by Crippen LogP contribution is -2.32. The summed E-state index contributed by atoms with van der Waals surface area (Å²) in [6, 6.07) is 12.1. The maximum atomic E-state index is 13.8. The average Bonchev–Trinajstić information content (AvgIpc) is 2.51. The van der Waals surface area contributed by atoms with Crippen molar-refractivity contribution in [2.24, 2.45) is 0 Å². The molecule has 0 spiro atoms. The molecule has 2 aromatic carbocycles. The van der Waals surface area contributed by atoms with Gasteiger partial charge in [0.05, 0.1) is 12.5 Å². The van der Waals surface area contributed by atoms with Crippen LogP contribution in [0.2, 0.25) is 5.02 Å². The molecule has 2 nitrogen and oxygen atoms in total. The molecule has 0 saturated heterocycles. The fourth-order valence-electron chi connectivity index (χ4n) is 2.57. The van der Waals surface area contributed by atoms with Gasteiger partial charge in [-0.15, -0.1) is 11.8 Å². The standard InChI is InChI=1S/C17H15ClFNOS/c18-12-6-4-11(5-7-12)10-16(21)20-15-8-9-22-17-13(15)2-1-3-14(17)19/h1-7,15H,8-10H2,(H,20,21)/t15-/m0/s1. The van der Waals surface area contributed by atoms with E-state index in [9.17, 15) is 9.18 Å². The van der Waals surface area contributed by atoms with E-state index in [0.717, 1.165) is 23.3 Å². The Morgan fingerprint density at radius 3 is 2.82 bits per heavy atom. The maximum Gasteiger partial charge on any atom is 0.224 e. The summed E-state index contributed by atoms with van der Waals surface area (Å²) < 4.78 is 13.8. The van der Waals surface area contributed by atoms with Crippen LogP contribution in [-0.2, 0) is 11.2 Å². The Labute approximate surface area is 138 Å². The zero-order valence-electron chi connectivity index (χ0n) is 11.8. The number of halogens is 2. The summed E-state index contributed by atoms with van der Waals surface area (Å²) in [5.41, 5.74) is 1.78. The molecule has 3 rings (SSSR count). The summed E-state index contributed by atoms with van der Waals surface area (Å²) in [5.74, 6) is 0.536. The molecule has 114 valence electrons. The van der Waals surface area contributed by atoms with E-state index in [1.165, 1.54) is 17.8 Å². The molecule has 0 saturated carbocycles. The van der Waals surface area contributed by atoms with Crippen LogP contribution in [0.1, 0.15) is 23.6 Å². The molecule has 0 aromatic heterocycles. The third-order valence-electron chi connectivity index (χ3n) is 3.64. The molecule has 0 radical (unpaired) electrons. The summed E-state index contributed by atoms with van der Waals surface area (Å²) in [6.07, 6.45) is 1.11. The van der Waals surface area contributed by atoms with Crippen molar-refractivity contribution in [3.8, 4) is 0 Å². The number of amides is 1. The Bertz CT molecular complexity index is 690. The number of nitrogens with one attached hydrogen (secondary N) is 1. The fourth-order valence-corrected chi connectivity index (χ4v) is 3.84. The van der Waals surface area contributed by atoms with Crippen LogP contribution in [0.15, 0.2) is 47.4 Å². The van der Waals surface area contributed by atoms with E-state index in [4.69, 9.17) is 11.6 Å². The molecular formula is C17H15ClFNOS. The van der Waals surface area contributed by atoms with E-state index in [-0.39, 0.29) is 17.8 Å². The molecule has 1 amide bonds. The van der Waals surface area contributed by atoms with Gasteiger partial charge >= 0.3 is 0 Å². The SMILES string of the molecule is O=C(Cc1ccc(Cl)cc1)N[C@H]1CCSc2c(F)cccc21. The number of thioether (sulfide) groups is 1. The smallest absolute Gasteiger partial charge is 0.224 e. The molecule has 5 heteroatoms. The van der Waals surface area contributed by atoms with Gasteiger partial charge in [0.2, 0.25) is 5.91 Å². The molecule has 1 aliphatic heterocycles. The van der Waals surface area contributed by atoms with Crippen molar-refractivity contribution in [2.75, 3.05) is 5.75 Å². The number of benzene rings is 2. The Balaban J connectivity index is 1.70. The molecule has 0 bridgehead atoms. The van der Waals surface area contributed by atoms with Crippen LogP contribution in [0, 0.1) is 5.82 Å². The van der Waals surface area contributed by atoms with E-state index in [0.29, 0.717) is 16.3 Å². The summed E-state index contributed by atoms with van der Waals surface area (Å²) >= 11 is 7.35. The van der Waals surface area contributed by atoms with E-state index >= 15 is 0 Å². The second kappa shape index (κ2) is 6.71. The number of hydrogen-bond donors (Lipinski definition) is 1. The second-order valence-electron chi connectivity index (χ2n) is 5.22. The van der Waals surface area contributed by atoms with Gasteiger partial charge in [0.1, 0.15) is 5.82 Å². The first-order valence-electron chi connectivity index (χ1n) is 7.08. The third-order valence-corrected chi connectivity index (χ3v) is 5.05. The summed E-state index contributed by atoms with van der Waals surface area (Å²) in [6.45, 7) is 0. The molecular weight excluding hydrogens is 321 g/mol. The van der Waals surface area contributed by atoms with Gasteiger partial charge in [0.15, 0.2) is 0 Å². The van der Waals surface area contributed by atoms with Crippen LogP contribution in [0.5, 0.6) is 0 Å². The molecule has 1 aliphatic rings. The first kappa shape index (κ1) is 15.4. The van der Waals surface area contributed by atoms with Gasteiger partial charge in [0, 0.05) is 15.7 Å². The normalized spacial score (nSPS) is 16.9. The minimum absolute atomic E-state index is 0.0607. The fraction of sp³-hybridized carbons (Fsp3) is 0.235. The second-order valence-corrected chi connectivity index (χ2v) is 6.76. The van der Waals surface area contributed by atoms with Crippen LogP contribution in [-0.4, -0.2) is 11.7 Å². The highest BCUT2D eigenvalue weighted by Crippen LogP contribution is 2.37. The monoisotopic (exact) mass is 335 g/mol. The molecule has 1 atom stereocenters. The Morgan fingerprint density at radius 2 is 2.05 bits per heavy atom. The minimum Gasteiger partial charge on any atom is -0.349 e. The molecule has 0 unspecified atom stereocenters. The van der Waals surface area contributed by atoms with Crippen molar-refractivity contribution in [1.29, 1.82) is 0 Å². The average molecular weight is 336 g/mol. The van der Waals surface area contributed by atoms with E-state index in [2.05, 4.69) is 5.32 Å². The topological polar surface area (TPSA) is 29.1 Å². The molecule has 0 aliphatic carbocycles. The maximum absolute atomic E-state index is 13.8. The van der Waals surface area contributed by atoms with Gasteiger partial charge in [-0.3, -0.25) is 4.79 Å². The summed E-state index contributed by atoms with van der Waals surface area (Å²) in [5, 5.41) is 3.66. The van der Waals surface area contributed by atoms with Crippen LogP contribution >= 0.6 is 23.4 Å². The first-order chi connectivity index (χ1) is 10.6. The molecule has 0 fully saturated rings. The Kier molecular flexibility index (Phi) is 4.69. The van der Waals surface area contributed by atoms with E-state index in [1.54, 1.807) is 18.2 Å². The zero-order chi connectivity index (χ0) is 15.5. The summed E-state index contributed by atoms with van der Waals surface area (Å²) in [7, 11) is 0. The molecule has 22 heavy (non-hydrogen) atoms. The number of hydrogen-bond acceptors (Lipinski definition) is 2. The lowest BCUT2D eigenvalue weighted by molar-refractivity contribution is -0.121. The van der Waals surface area contributed by atoms with Crippen molar-refractivity contribution in [3.05, 3.63) is 64.4 Å². The van der Waals surface area contributed by atoms with E-state index in [1.807, 2.05) is 18.2 Å². The highest BCUT2D eigenvalue weighted by molar-refractivity contribution is 7.99. The molecule has 1 N–H and O–H groups in total. The largest absolute Gasteiger partial charge is 0.349 e. The van der Waals surface area contributed by atoms with Gasteiger partial charge in [-0.25, -0.2) is 4.39 Å². The summed E-state index contributed by atoms with van der Waals surface area (Å²) in [4.78, 5) is 12.9. The number of carbonyl (C=O) groups excluding carboxylic acids is 1. The zero-order valence-corrected chi connectivity index (χ0v) is 13.4. The van der Waals surface area contributed by atoms with Crippen molar-refractivity contribution in [3.63, 3.8) is 0 Å². The van der Waals surface area contributed by atoms with Gasteiger partial charge in [0.25, 0.3) is 0 Å². The van der Waals surface area contributed by atoms with Crippen LogP contribution in [0.3, 0.4) is 0 Å². The Morgan fingerprint density at radius 1 is 1.27 bits per heavy atom. The minimum atomic E-state index is -0.209.